The van der Waals surface area contributed by atoms with Gasteiger partial charge in [0, 0.05) is 35.3 Å². The third-order valence-corrected chi connectivity index (χ3v) is 9.84. The van der Waals surface area contributed by atoms with E-state index < -0.39 is 0 Å². The summed E-state index contributed by atoms with van der Waals surface area (Å²) in [5.74, 6) is 0. The first-order valence-corrected chi connectivity index (χ1v) is 18.6. The van der Waals surface area contributed by atoms with Crippen molar-refractivity contribution in [2.45, 2.75) is 0 Å². The molecule has 2 heterocycles. The fourth-order valence-electron chi connectivity index (χ4n) is 7.04. The number of hydrogen-bond donors (Lipinski definition) is 0. The van der Waals surface area contributed by atoms with Gasteiger partial charge in [0.2, 0.25) is 0 Å². The highest BCUT2D eigenvalue weighted by Gasteiger charge is 2.14. The van der Waals surface area contributed by atoms with E-state index in [1.165, 1.54) is 5.56 Å². The lowest BCUT2D eigenvalue weighted by molar-refractivity contribution is 1.33. The van der Waals surface area contributed by atoms with Crippen molar-refractivity contribution in [3.8, 4) is 67.0 Å². The van der Waals surface area contributed by atoms with Gasteiger partial charge in [-0.2, -0.15) is 0 Å². The van der Waals surface area contributed by atoms with E-state index in [-0.39, 0.29) is 0 Å². The monoisotopic (exact) mass is 717 g/mol. The normalized spacial score (nSPS) is 11.4. The van der Waals surface area contributed by atoms with Gasteiger partial charge in [0.05, 0.1) is 17.1 Å². The summed E-state index contributed by atoms with van der Waals surface area (Å²) in [7, 11) is 0. The number of nitrogens with zero attached hydrogens (tertiary/aromatic N) is 3. The second-order valence-corrected chi connectivity index (χ2v) is 13.4. The fraction of sp³-hybridized carbons (Fsp3) is 0. The van der Waals surface area contributed by atoms with Crippen molar-refractivity contribution in [1.29, 1.82) is 0 Å². The standard InChI is InChI=1S/C53H39N3/c1-3-51(54-4-2)42-29-25-40(26-30-42)47-13-5-7-15-49(47)45-35-39(20-19-38-21-23-43(24-22-38)52-17-9-11-33-55-52)36-46(37-45)50-16-8-6-14-48(50)41-27-31-44(32-28-41)53-18-10-12-34-56-53/h3-37H,1-2H2/b20-19-,54-51?. The average molecular weight is 718 g/mol. The first-order chi connectivity index (χ1) is 27.7. The van der Waals surface area contributed by atoms with Crippen LogP contribution in [0.4, 0.5) is 0 Å². The lowest BCUT2D eigenvalue weighted by atomic mass is 9.88. The quantitative estimate of drug-likeness (QED) is 0.0987. The Morgan fingerprint density at radius 3 is 1.30 bits per heavy atom. The van der Waals surface area contributed by atoms with Crippen LogP contribution in [0.2, 0.25) is 0 Å². The molecule has 0 aliphatic rings. The van der Waals surface area contributed by atoms with Crippen LogP contribution in [-0.2, 0) is 0 Å². The van der Waals surface area contributed by atoms with Crippen LogP contribution >= 0.6 is 0 Å². The third-order valence-electron chi connectivity index (χ3n) is 9.84. The Balaban J connectivity index is 1.21. The summed E-state index contributed by atoms with van der Waals surface area (Å²) in [6.45, 7) is 7.69. The van der Waals surface area contributed by atoms with Crippen LogP contribution in [0.25, 0.3) is 79.2 Å². The Kier molecular flexibility index (Phi) is 10.6. The Bertz CT molecular complexity index is 2670. The molecule has 266 valence electrons. The number of benzene rings is 6. The average Bonchev–Trinajstić information content (AvgIpc) is 3.28. The molecule has 8 aromatic rings. The van der Waals surface area contributed by atoms with Gasteiger partial charge in [-0.3, -0.25) is 15.0 Å². The van der Waals surface area contributed by atoms with Gasteiger partial charge in [-0.05, 0) is 104 Å². The van der Waals surface area contributed by atoms with Gasteiger partial charge in [-0.15, -0.1) is 0 Å². The summed E-state index contributed by atoms with van der Waals surface area (Å²) in [6.07, 6.45) is 11.4. The molecule has 0 radical (unpaired) electrons. The highest BCUT2D eigenvalue weighted by atomic mass is 14.7. The van der Waals surface area contributed by atoms with E-state index in [1.54, 1.807) is 12.3 Å². The van der Waals surface area contributed by atoms with Gasteiger partial charge in [-0.25, -0.2) is 0 Å². The van der Waals surface area contributed by atoms with Crippen molar-refractivity contribution in [3.05, 3.63) is 230 Å². The van der Waals surface area contributed by atoms with E-state index in [0.717, 1.165) is 83.9 Å². The van der Waals surface area contributed by atoms with E-state index >= 15 is 0 Å². The van der Waals surface area contributed by atoms with Crippen LogP contribution in [-0.4, -0.2) is 15.7 Å². The molecule has 0 spiro atoms. The molecule has 8 rings (SSSR count). The molecule has 0 unspecified atom stereocenters. The van der Waals surface area contributed by atoms with E-state index in [1.807, 2.05) is 48.8 Å². The molecule has 6 aromatic carbocycles. The second-order valence-electron chi connectivity index (χ2n) is 13.4. The molecule has 56 heavy (non-hydrogen) atoms. The van der Waals surface area contributed by atoms with Crippen LogP contribution < -0.4 is 0 Å². The maximum Gasteiger partial charge on any atom is 0.0701 e. The minimum Gasteiger partial charge on any atom is -0.257 e. The molecule has 0 saturated heterocycles. The predicted octanol–water partition coefficient (Wildman–Crippen LogP) is 13.8. The molecule has 0 N–H and O–H groups in total. The maximum absolute atomic E-state index is 4.55. The number of allylic oxidation sites excluding steroid dienone is 1. The van der Waals surface area contributed by atoms with E-state index in [0.29, 0.717) is 0 Å². The molecule has 0 amide bonds. The lowest BCUT2D eigenvalue weighted by Gasteiger charge is -2.16. The third kappa shape index (κ3) is 7.89. The Labute approximate surface area is 329 Å². The summed E-state index contributed by atoms with van der Waals surface area (Å²) in [4.78, 5) is 13.5. The summed E-state index contributed by atoms with van der Waals surface area (Å²) < 4.78 is 0. The summed E-state index contributed by atoms with van der Waals surface area (Å²) in [5.41, 5.74) is 17.3. The first kappa shape index (κ1) is 35.5. The molecule has 0 aliphatic carbocycles. The maximum atomic E-state index is 4.55. The van der Waals surface area contributed by atoms with E-state index in [9.17, 15) is 0 Å². The summed E-state index contributed by atoms with van der Waals surface area (Å²) in [6, 6.07) is 61.9. The topological polar surface area (TPSA) is 38.1 Å². The molecule has 0 atom stereocenters. The number of hydrogen-bond acceptors (Lipinski definition) is 3. The van der Waals surface area contributed by atoms with Gasteiger partial charge in [0.1, 0.15) is 0 Å². The van der Waals surface area contributed by atoms with E-state index in [2.05, 4.69) is 180 Å². The van der Waals surface area contributed by atoms with Crippen molar-refractivity contribution in [1.82, 2.24) is 9.97 Å². The number of pyridine rings is 2. The second kappa shape index (κ2) is 16.7. The molecule has 3 nitrogen and oxygen atoms in total. The van der Waals surface area contributed by atoms with Crippen LogP contribution in [0.1, 0.15) is 16.7 Å². The summed E-state index contributed by atoms with van der Waals surface area (Å²) >= 11 is 0. The van der Waals surface area contributed by atoms with Gasteiger partial charge >= 0.3 is 0 Å². The SMILES string of the molecule is C=CN=C(C=C)c1ccc(-c2ccccc2-c2cc(/C=C\c3ccc(-c4ccccn4)cc3)cc(-c3ccccc3-c3ccc(-c4ccccn4)cc3)c2)cc1. The van der Waals surface area contributed by atoms with Gasteiger partial charge in [-0.1, -0.05) is 159 Å². The van der Waals surface area contributed by atoms with Crippen molar-refractivity contribution < 1.29 is 0 Å². The van der Waals surface area contributed by atoms with Crippen molar-refractivity contribution >= 4 is 17.9 Å². The number of aliphatic imine (C=N–C) groups is 1. The summed E-state index contributed by atoms with van der Waals surface area (Å²) in [5, 5.41) is 0. The van der Waals surface area contributed by atoms with Crippen molar-refractivity contribution in [3.63, 3.8) is 0 Å². The lowest BCUT2D eigenvalue weighted by Crippen LogP contribution is -1.95. The van der Waals surface area contributed by atoms with Gasteiger partial charge in [0.25, 0.3) is 0 Å². The predicted molar refractivity (Wildman–Crippen MR) is 237 cm³/mol. The molecular weight excluding hydrogens is 679 g/mol. The molecule has 0 fully saturated rings. The Morgan fingerprint density at radius 2 is 0.839 bits per heavy atom. The van der Waals surface area contributed by atoms with Crippen LogP contribution in [0.15, 0.2) is 219 Å². The van der Waals surface area contributed by atoms with Crippen molar-refractivity contribution in [2.75, 3.05) is 0 Å². The molecular formula is C53H39N3. The molecule has 0 aliphatic heterocycles. The minimum absolute atomic E-state index is 0.792. The molecule has 3 heteroatoms. The number of aromatic nitrogens is 2. The Hall–Kier alpha value is -7.49. The van der Waals surface area contributed by atoms with Crippen molar-refractivity contribution in [2.24, 2.45) is 4.99 Å². The van der Waals surface area contributed by atoms with Crippen LogP contribution in [0.3, 0.4) is 0 Å². The molecule has 0 saturated carbocycles. The number of rotatable bonds is 11. The first-order valence-electron chi connectivity index (χ1n) is 18.6. The van der Waals surface area contributed by atoms with Gasteiger partial charge < -0.3 is 0 Å². The smallest absolute Gasteiger partial charge is 0.0701 e. The Morgan fingerprint density at radius 1 is 0.411 bits per heavy atom. The zero-order valence-electron chi connectivity index (χ0n) is 31.0. The molecule has 2 aromatic heterocycles. The van der Waals surface area contributed by atoms with Crippen LogP contribution in [0.5, 0.6) is 0 Å². The molecule has 0 bridgehead atoms. The fourth-order valence-corrected chi connectivity index (χ4v) is 7.04. The van der Waals surface area contributed by atoms with E-state index in [4.69, 9.17) is 0 Å². The highest BCUT2D eigenvalue weighted by Crippen LogP contribution is 2.39. The zero-order valence-corrected chi connectivity index (χ0v) is 31.0. The minimum atomic E-state index is 0.792. The largest absolute Gasteiger partial charge is 0.257 e. The zero-order chi connectivity index (χ0) is 38.1. The highest BCUT2D eigenvalue weighted by molar-refractivity contribution is 6.09. The van der Waals surface area contributed by atoms with Crippen LogP contribution in [0, 0.1) is 0 Å². The van der Waals surface area contributed by atoms with Gasteiger partial charge in [0.15, 0.2) is 0 Å².